The lowest BCUT2D eigenvalue weighted by atomic mass is 10.1. The fourth-order valence-corrected chi connectivity index (χ4v) is 7.65. The number of unbranched alkanes of at least 4 members (excludes halogenated alkanes) is 21. The third-order valence-corrected chi connectivity index (χ3v) is 12.0. The molecule has 0 heterocycles. The van der Waals surface area contributed by atoms with Crippen molar-refractivity contribution in [3.8, 4) is 0 Å². The van der Waals surface area contributed by atoms with E-state index in [1.165, 1.54) is 122 Å². The maximum atomic E-state index is 12.9. The van der Waals surface area contributed by atoms with Gasteiger partial charge in [-0.3, -0.25) is 9.59 Å². The predicted octanol–water partition coefficient (Wildman–Crippen LogP) is 20.1. The van der Waals surface area contributed by atoms with E-state index in [9.17, 15) is 9.59 Å². The molecule has 0 aliphatic heterocycles. The van der Waals surface area contributed by atoms with Gasteiger partial charge in [0.2, 0.25) is 0 Å². The summed E-state index contributed by atoms with van der Waals surface area (Å²) in [6.45, 7) is 7.57. The Morgan fingerprint density at radius 3 is 1.13 bits per heavy atom. The lowest BCUT2D eigenvalue weighted by Gasteiger charge is -2.18. The molecule has 5 heteroatoms. The monoisotopic (exact) mass is 969 g/mol. The van der Waals surface area contributed by atoms with E-state index < -0.39 is 6.10 Å². The summed E-state index contributed by atoms with van der Waals surface area (Å²) < 4.78 is 17.4. The van der Waals surface area contributed by atoms with Crippen molar-refractivity contribution in [3.05, 3.63) is 122 Å². The molecule has 398 valence electrons. The molecule has 0 aromatic carbocycles. The lowest BCUT2D eigenvalue weighted by Crippen LogP contribution is -2.30. The summed E-state index contributed by atoms with van der Waals surface area (Å²) in [4.78, 5) is 25.5. The quantitative estimate of drug-likeness (QED) is 0.0345. The van der Waals surface area contributed by atoms with Gasteiger partial charge in [0.05, 0.1) is 6.61 Å². The van der Waals surface area contributed by atoms with Gasteiger partial charge in [-0.1, -0.05) is 239 Å². The van der Waals surface area contributed by atoms with Gasteiger partial charge in [0.1, 0.15) is 6.61 Å². The summed E-state index contributed by atoms with van der Waals surface area (Å²) in [5.41, 5.74) is 0. The predicted molar refractivity (Wildman–Crippen MR) is 306 cm³/mol. The Labute approximate surface area is 433 Å². The molecule has 0 aromatic rings. The van der Waals surface area contributed by atoms with Crippen molar-refractivity contribution in [2.24, 2.45) is 0 Å². The molecule has 5 nitrogen and oxygen atoms in total. The van der Waals surface area contributed by atoms with E-state index in [0.717, 1.165) is 89.9 Å². The van der Waals surface area contributed by atoms with Crippen LogP contribution in [-0.2, 0) is 23.8 Å². The number of rotatable bonds is 52. The molecule has 0 aliphatic rings. The Balaban J connectivity index is 4.43. The Bertz CT molecular complexity index is 1420. The minimum absolute atomic E-state index is 0.0312. The van der Waals surface area contributed by atoms with Gasteiger partial charge >= 0.3 is 11.9 Å². The first-order valence-electron chi connectivity index (χ1n) is 29.1. The summed E-state index contributed by atoms with van der Waals surface area (Å²) >= 11 is 0. The van der Waals surface area contributed by atoms with Crippen molar-refractivity contribution >= 4 is 11.9 Å². The Kier molecular flexibility index (Phi) is 56.5. The van der Waals surface area contributed by atoms with Crippen LogP contribution in [0.15, 0.2) is 122 Å². The molecule has 0 fully saturated rings. The Morgan fingerprint density at radius 2 is 0.671 bits per heavy atom. The molecular weight excluding hydrogens is 861 g/mol. The van der Waals surface area contributed by atoms with Gasteiger partial charge in [0.25, 0.3) is 0 Å². The number of carbonyl (C=O) groups is 2. The van der Waals surface area contributed by atoms with E-state index in [0.29, 0.717) is 25.9 Å². The molecule has 0 spiro atoms. The van der Waals surface area contributed by atoms with E-state index >= 15 is 0 Å². The maximum Gasteiger partial charge on any atom is 0.306 e. The first-order chi connectivity index (χ1) is 34.6. The lowest BCUT2D eigenvalue weighted by molar-refractivity contribution is -0.162. The average Bonchev–Trinajstić information content (AvgIpc) is 3.36. The zero-order valence-corrected chi connectivity index (χ0v) is 45.7. The summed E-state index contributed by atoms with van der Waals surface area (Å²) in [6.07, 6.45) is 83.7. The number of hydrogen-bond donors (Lipinski definition) is 0. The van der Waals surface area contributed by atoms with E-state index in [1.807, 2.05) is 6.08 Å². The molecule has 0 rings (SSSR count). The molecule has 0 aromatic heterocycles. The molecule has 0 N–H and O–H groups in total. The molecule has 1 unspecified atom stereocenters. The molecule has 0 amide bonds. The van der Waals surface area contributed by atoms with Gasteiger partial charge < -0.3 is 14.2 Å². The van der Waals surface area contributed by atoms with E-state index in [1.54, 1.807) is 0 Å². The van der Waals surface area contributed by atoms with E-state index in [4.69, 9.17) is 14.2 Å². The van der Waals surface area contributed by atoms with Crippen LogP contribution in [-0.4, -0.2) is 37.9 Å². The number of ether oxygens (including phenoxy) is 3. The number of allylic oxidation sites excluding steroid dienone is 20. The van der Waals surface area contributed by atoms with Gasteiger partial charge in [0.15, 0.2) is 6.10 Å². The highest BCUT2D eigenvalue weighted by Gasteiger charge is 2.17. The number of hydrogen-bond acceptors (Lipinski definition) is 5. The van der Waals surface area contributed by atoms with E-state index in [2.05, 4.69) is 136 Å². The minimum Gasteiger partial charge on any atom is -0.462 e. The van der Waals surface area contributed by atoms with Crippen molar-refractivity contribution in [2.45, 2.75) is 258 Å². The highest BCUT2D eigenvalue weighted by molar-refractivity contribution is 5.70. The van der Waals surface area contributed by atoms with Crippen molar-refractivity contribution in [3.63, 3.8) is 0 Å². The maximum absolute atomic E-state index is 12.9. The second-order valence-electron chi connectivity index (χ2n) is 18.8. The Morgan fingerprint density at radius 1 is 0.329 bits per heavy atom. The van der Waals surface area contributed by atoms with Gasteiger partial charge in [-0.2, -0.15) is 0 Å². The zero-order valence-electron chi connectivity index (χ0n) is 45.7. The largest absolute Gasteiger partial charge is 0.462 e. The molecule has 0 radical (unpaired) electrons. The van der Waals surface area contributed by atoms with Gasteiger partial charge in [-0.05, 0) is 122 Å². The minimum atomic E-state index is -0.585. The Hall–Kier alpha value is -3.70. The first kappa shape index (κ1) is 66.3. The van der Waals surface area contributed by atoms with Crippen LogP contribution in [0.3, 0.4) is 0 Å². The van der Waals surface area contributed by atoms with Crippen molar-refractivity contribution in [1.82, 2.24) is 0 Å². The second-order valence-corrected chi connectivity index (χ2v) is 18.8. The molecule has 0 saturated carbocycles. The molecule has 0 saturated heterocycles. The van der Waals surface area contributed by atoms with Gasteiger partial charge in [-0.25, -0.2) is 0 Å². The van der Waals surface area contributed by atoms with Crippen LogP contribution in [0, 0.1) is 0 Å². The number of esters is 2. The van der Waals surface area contributed by atoms with Crippen LogP contribution in [0.5, 0.6) is 0 Å². The van der Waals surface area contributed by atoms with Crippen LogP contribution in [0.2, 0.25) is 0 Å². The fourth-order valence-electron chi connectivity index (χ4n) is 7.65. The first-order valence-corrected chi connectivity index (χ1v) is 29.1. The smallest absolute Gasteiger partial charge is 0.306 e. The van der Waals surface area contributed by atoms with Crippen LogP contribution >= 0.6 is 0 Å². The number of carbonyl (C=O) groups excluding carboxylic acids is 2. The van der Waals surface area contributed by atoms with Crippen LogP contribution < -0.4 is 0 Å². The summed E-state index contributed by atoms with van der Waals surface area (Å²) in [5, 5.41) is 0. The third kappa shape index (κ3) is 56.9. The standard InChI is InChI=1S/C65H108O5/c1-4-7-10-13-16-19-22-25-28-30-32-34-36-39-42-45-48-51-54-57-60-68-61-63(70-65(67)59-56-53-50-47-44-41-37-27-24-21-18-15-12-9-6-3)62-69-64(66)58-55-52-49-46-43-40-38-35-33-31-29-26-23-20-17-14-11-8-5-2/h8,11,16-17,19-20,25-29,32-35,37,40,43,49,52,63H,4-7,9-10,12-15,18,21-24,30-31,36,38-39,41-42,44-48,50-51,53-62H2,1-3H3/b11-8-,19-16-,20-17-,28-25-,29-26-,34-32-,35-33-,37-27-,43-40-,52-49-. The highest BCUT2D eigenvalue weighted by atomic mass is 16.6. The van der Waals surface area contributed by atoms with Crippen molar-refractivity contribution in [1.29, 1.82) is 0 Å². The van der Waals surface area contributed by atoms with Crippen LogP contribution in [0.1, 0.15) is 252 Å². The van der Waals surface area contributed by atoms with Gasteiger partial charge in [0, 0.05) is 19.4 Å². The average molecular weight is 970 g/mol. The molecule has 1 atom stereocenters. The summed E-state index contributed by atoms with van der Waals surface area (Å²) in [6, 6.07) is 0. The molecule has 0 bridgehead atoms. The molecule has 0 aliphatic carbocycles. The third-order valence-electron chi connectivity index (χ3n) is 12.0. The molecular formula is C65H108O5. The van der Waals surface area contributed by atoms with Crippen molar-refractivity contribution < 1.29 is 23.8 Å². The second kappa shape index (κ2) is 59.6. The highest BCUT2D eigenvalue weighted by Crippen LogP contribution is 2.13. The molecule has 70 heavy (non-hydrogen) atoms. The fraction of sp³-hybridized carbons (Fsp3) is 0.662. The normalized spacial score (nSPS) is 13.1. The summed E-state index contributed by atoms with van der Waals surface area (Å²) in [5.74, 6) is -0.512. The topological polar surface area (TPSA) is 61.8 Å². The van der Waals surface area contributed by atoms with E-state index in [-0.39, 0.29) is 25.2 Å². The van der Waals surface area contributed by atoms with Crippen LogP contribution in [0.4, 0.5) is 0 Å². The summed E-state index contributed by atoms with van der Waals surface area (Å²) in [7, 11) is 0. The van der Waals surface area contributed by atoms with Gasteiger partial charge in [-0.15, -0.1) is 0 Å². The zero-order chi connectivity index (χ0) is 50.6. The van der Waals surface area contributed by atoms with Crippen LogP contribution in [0.25, 0.3) is 0 Å². The van der Waals surface area contributed by atoms with Crippen molar-refractivity contribution in [2.75, 3.05) is 19.8 Å². The SMILES string of the molecule is CC/C=C\C/C=C\C/C=C\C/C=C\C/C=C\C/C=C\CCC(=O)OCC(COCCCCCCCCC/C=C\C/C=C\C/C=C\CCCCC)OC(=O)CCCCCCC/C=C\CCCCCCCC.